The number of aryl methyl sites for hydroxylation is 1. The first-order chi connectivity index (χ1) is 9.50. The van der Waals surface area contributed by atoms with Gasteiger partial charge in [0.25, 0.3) is 0 Å². The van der Waals surface area contributed by atoms with Crippen molar-refractivity contribution >= 4 is 5.82 Å². The SMILES string of the molecule is Cc1ccccc1-c1c(N)n[nH]c1C1CCCC1(C)C. The molecule has 0 spiro atoms. The molecule has 1 fully saturated rings. The van der Waals surface area contributed by atoms with E-state index in [4.69, 9.17) is 5.73 Å². The highest BCUT2D eigenvalue weighted by molar-refractivity contribution is 5.79. The fourth-order valence-electron chi connectivity index (χ4n) is 3.62. The Labute approximate surface area is 120 Å². The Morgan fingerprint density at radius 2 is 2.05 bits per heavy atom. The summed E-state index contributed by atoms with van der Waals surface area (Å²) in [4.78, 5) is 0. The zero-order valence-corrected chi connectivity index (χ0v) is 12.5. The molecule has 20 heavy (non-hydrogen) atoms. The minimum Gasteiger partial charge on any atom is -0.382 e. The van der Waals surface area contributed by atoms with Crippen molar-refractivity contribution in [1.82, 2.24) is 10.2 Å². The molecule has 1 aliphatic rings. The Morgan fingerprint density at radius 1 is 1.30 bits per heavy atom. The minimum absolute atomic E-state index is 0.316. The molecule has 1 aromatic heterocycles. The van der Waals surface area contributed by atoms with Gasteiger partial charge in [0.1, 0.15) is 0 Å². The Hall–Kier alpha value is -1.77. The van der Waals surface area contributed by atoms with Crippen molar-refractivity contribution in [3.05, 3.63) is 35.5 Å². The summed E-state index contributed by atoms with van der Waals surface area (Å²) in [5.74, 6) is 1.14. The average Bonchev–Trinajstić information content (AvgIpc) is 2.93. The molecule has 1 saturated carbocycles. The number of H-pyrrole nitrogens is 1. The van der Waals surface area contributed by atoms with Crippen molar-refractivity contribution in [2.24, 2.45) is 5.41 Å². The van der Waals surface area contributed by atoms with E-state index in [2.05, 4.69) is 55.2 Å². The third-order valence-electron chi connectivity index (χ3n) is 4.84. The van der Waals surface area contributed by atoms with E-state index in [9.17, 15) is 0 Å². The van der Waals surface area contributed by atoms with E-state index in [1.165, 1.54) is 36.1 Å². The zero-order valence-electron chi connectivity index (χ0n) is 12.5. The molecule has 0 bridgehead atoms. The Kier molecular flexibility index (Phi) is 3.08. The van der Waals surface area contributed by atoms with Crippen LogP contribution in [0.5, 0.6) is 0 Å². The highest BCUT2D eigenvalue weighted by atomic mass is 15.2. The van der Waals surface area contributed by atoms with Crippen LogP contribution in [0.25, 0.3) is 11.1 Å². The van der Waals surface area contributed by atoms with E-state index in [1.54, 1.807) is 0 Å². The van der Waals surface area contributed by atoms with Crippen LogP contribution in [0.1, 0.15) is 50.3 Å². The predicted octanol–water partition coefficient (Wildman–Crippen LogP) is 4.26. The second-order valence-corrected chi connectivity index (χ2v) is 6.65. The number of hydrogen-bond acceptors (Lipinski definition) is 2. The Balaban J connectivity index is 2.14. The van der Waals surface area contributed by atoms with Gasteiger partial charge < -0.3 is 5.73 Å². The summed E-state index contributed by atoms with van der Waals surface area (Å²) < 4.78 is 0. The van der Waals surface area contributed by atoms with Gasteiger partial charge in [0.2, 0.25) is 0 Å². The molecule has 1 aliphatic carbocycles. The molecule has 3 rings (SSSR count). The molecule has 0 amide bonds. The van der Waals surface area contributed by atoms with Crippen molar-refractivity contribution in [3.63, 3.8) is 0 Å². The molecule has 3 heteroatoms. The van der Waals surface area contributed by atoms with Gasteiger partial charge in [-0.25, -0.2) is 0 Å². The van der Waals surface area contributed by atoms with Crippen LogP contribution in [-0.4, -0.2) is 10.2 Å². The molecule has 1 atom stereocenters. The predicted molar refractivity (Wildman–Crippen MR) is 83.5 cm³/mol. The highest BCUT2D eigenvalue weighted by Gasteiger charge is 2.38. The van der Waals surface area contributed by atoms with Gasteiger partial charge in [0.15, 0.2) is 5.82 Å². The Bertz CT molecular complexity index is 625. The third kappa shape index (κ3) is 2.01. The molecular formula is C17H23N3. The fourth-order valence-corrected chi connectivity index (χ4v) is 3.62. The molecular weight excluding hydrogens is 246 g/mol. The molecule has 106 valence electrons. The molecule has 0 radical (unpaired) electrons. The van der Waals surface area contributed by atoms with Crippen LogP contribution in [-0.2, 0) is 0 Å². The number of benzene rings is 1. The lowest BCUT2D eigenvalue weighted by molar-refractivity contribution is 0.328. The molecule has 3 N–H and O–H groups in total. The molecule has 1 unspecified atom stereocenters. The summed E-state index contributed by atoms with van der Waals surface area (Å²) in [6.07, 6.45) is 3.77. The number of nitrogens with zero attached hydrogens (tertiary/aromatic N) is 1. The smallest absolute Gasteiger partial charge is 0.153 e. The van der Waals surface area contributed by atoms with E-state index in [1.807, 2.05) is 0 Å². The van der Waals surface area contributed by atoms with Crippen LogP contribution in [0.15, 0.2) is 24.3 Å². The van der Waals surface area contributed by atoms with Crippen molar-refractivity contribution in [2.45, 2.75) is 46.0 Å². The number of rotatable bonds is 2. The van der Waals surface area contributed by atoms with E-state index >= 15 is 0 Å². The largest absolute Gasteiger partial charge is 0.382 e. The van der Waals surface area contributed by atoms with Gasteiger partial charge in [0.05, 0.1) is 0 Å². The van der Waals surface area contributed by atoms with Gasteiger partial charge in [-0.05, 0) is 36.3 Å². The van der Waals surface area contributed by atoms with Crippen LogP contribution in [0, 0.1) is 12.3 Å². The number of hydrogen-bond donors (Lipinski definition) is 2. The first kappa shape index (κ1) is 13.2. The second-order valence-electron chi connectivity index (χ2n) is 6.65. The van der Waals surface area contributed by atoms with Gasteiger partial charge in [-0.15, -0.1) is 0 Å². The van der Waals surface area contributed by atoms with Crippen LogP contribution >= 0.6 is 0 Å². The van der Waals surface area contributed by atoms with Gasteiger partial charge in [0, 0.05) is 17.2 Å². The number of aromatic amines is 1. The van der Waals surface area contributed by atoms with E-state index in [0.29, 0.717) is 17.2 Å². The van der Waals surface area contributed by atoms with Gasteiger partial charge in [-0.1, -0.05) is 44.5 Å². The maximum absolute atomic E-state index is 6.16. The first-order valence-corrected chi connectivity index (χ1v) is 7.40. The molecule has 0 saturated heterocycles. The number of anilines is 1. The molecule has 0 aliphatic heterocycles. The fraction of sp³-hybridized carbons (Fsp3) is 0.471. The topological polar surface area (TPSA) is 54.7 Å². The van der Waals surface area contributed by atoms with Crippen LogP contribution in [0.4, 0.5) is 5.82 Å². The van der Waals surface area contributed by atoms with Gasteiger partial charge in [-0.3, -0.25) is 5.10 Å². The van der Waals surface area contributed by atoms with Gasteiger partial charge >= 0.3 is 0 Å². The van der Waals surface area contributed by atoms with Crippen molar-refractivity contribution in [2.75, 3.05) is 5.73 Å². The lowest BCUT2D eigenvalue weighted by Crippen LogP contribution is -2.16. The molecule has 2 aromatic rings. The van der Waals surface area contributed by atoms with Crippen LogP contribution < -0.4 is 5.73 Å². The Morgan fingerprint density at radius 3 is 2.70 bits per heavy atom. The first-order valence-electron chi connectivity index (χ1n) is 7.40. The minimum atomic E-state index is 0.316. The number of nitrogens with two attached hydrogens (primary N) is 1. The standard InChI is InChI=1S/C17H23N3/c1-11-7-4-5-8-12(11)14-15(19-20-16(14)18)13-9-6-10-17(13,2)3/h4-5,7-8,13H,6,9-10H2,1-3H3,(H3,18,19,20). The maximum atomic E-state index is 6.16. The lowest BCUT2D eigenvalue weighted by Gasteiger charge is -2.27. The summed E-state index contributed by atoms with van der Waals surface area (Å²) in [6.45, 7) is 6.83. The third-order valence-corrected chi connectivity index (χ3v) is 4.84. The molecule has 3 nitrogen and oxygen atoms in total. The van der Waals surface area contributed by atoms with Crippen LogP contribution in [0.3, 0.4) is 0 Å². The van der Waals surface area contributed by atoms with Crippen LogP contribution in [0.2, 0.25) is 0 Å². The average molecular weight is 269 g/mol. The zero-order chi connectivity index (χ0) is 14.3. The summed E-state index contributed by atoms with van der Waals surface area (Å²) in [7, 11) is 0. The second kappa shape index (κ2) is 4.65. The molecule has 1 aromatic carbocycles. The summed E-state index contributed by atoms with van der Waals surface area (Å²) in [5.41, 5.74) is 11.3. The van der Waals surface area contributed by atoms with Crippen molar-refractivity contribution in [3.8, 4) is 11.1 Å². The number of nitrogens with one attached hydrogen (secondary N) is 1. The summed E-state index contributed by atoms with van der Waals surface area (Å²) in [6, 6.07) is 8.40. The number of nitrogen functional groups attached to an aromatic ring is 1. The highest BCUT2D eigenvalue weighted by Crippen LogP contribution is 2.51. The van der Waals surface area contributed by atoms with E-state index < -0.39 is 0 Å². The van der Waals surface area contributed by atoms with E-state index in [0.717, 1.165) is 5.56 Å². The summed E-state index contributed by atoms with van der Waals surface area (Å²) >= 11 is 0. The quantitative estimate of drug-likeness (QED) is 0.855. The summed E-state index contributed by atoms with van der Waals surface area (Å²) in [5, 5.41) is 7.52. The normalized spacial score (nSPS) is 21.2. The lowest BCUT2D eigenvalue weighted by atomic mass is 9.78. The van der Waals surface area contributed by atoms with Crippen molar-refractivity contribution in [1.29, 1.82) is 0 Å². The maximum Gasteiger partial charge on any atom is 0.153 e. The number of aromatic nitrogens is 2. The van der Waals surface area contributed by atoms with E-state index in [-0.39, 0.29) is 0 Å². The van der Waals surface area contributed by atoms with Crippen molar-refractivity contribution < 1.29 is 0 Å². The monoisotopic (exact) mass is 269 g/mol. The molecule has 1 heterocycles. The van der Waals surface area contributed by atoms with Gasteiger partial charge in [-0.2, -0.15) is 5.10 Å².